The first-order valence-electron chi connectivity index (χ1n) is 4.97. The first-order chi connectivity index (χ1) is 8.72. The van der Waals surface area contributed by atoms with Gasteiger partial charge in [0.2, 0.25) is 0 Å². The summed E-state index contributed by atoms with van der Waals surface area (Å²) < 4.78 is 0. The summed E-state index contributed by atoms with van der Waals surface area (Å²) in [5, 5.41) is 21.9. The van der Waals surface area contributed by atoms with Crippen LogP contribution in [0.25, 0.3) is 0 Å². The Kier molecular flexibility index (Phi) is 3.46. The highest BCUT2D eigenvalue weighted by Crippen LogP contribution is 2.26. The Bertz CT molecular complexity index is 655. The largest absolute Gasteiger partial charge is 0.278 e. The fourth-order valence-electron chi connectivity index (χ4n) is 1.38. The predicted octanol–water partition coefficient (Wildman–Crippen LogP) is 3.28. The smallest absolute Gasteiger partial charge is 0.258 e. The number of nitro benzene ring substituents is 1. The van der Waals surface area contributed by atoms with Crippen LogP contribution in [0, 0.1) is 21.4 Å². The number of benzene rings is 1. The van der Waals surface area contributed by atoms with Crippen LogP contribution < -0.4 is 0 Å². The van der Waals surface area contributed by atoms with E-state index in [1.165, 1.54) is 23.6 Å². The quantitative estimate of drug-likeness (QED) is 0.480. The molecule has 0 atom stereocenters. The van der Waals surface area contributed by atoms with Crippen LogP contribution in [0.1, 0.15) is 11.1 Å². The van der Waals surface area contributed by atoms with Crippen molar-refractivity contribution in [1.29, 1.82) is 5.26 Å². The molecule has 6 heteroatoms. The van der Waals surface area contributed by atoms with Crippen LogP contribution in [0.3, 0.4) is 0 Å². The summed E-state index contributed by atoms with van der Waals surface area (Å²) >= 11 is 1.32. The predicted molar refractivity (Wildman–Crippen MR) is 69.4 cm³/mol. The van der Waals surface area contributed by atoms with Gasteiger partial charge in [0, 0.05) is 12.3 Å². The van der Waals surface area contributed by atoms with Crippen molar-refractivity contribution in [2.24, 2.45) is 4.99 Å². The number of hydrogen-bond acceptors (Lipinski definition) is 5. The van der Waals surface area contributed by atoms with Crippen LogP contribution in [-0.4, -0.2) is 11.1 Å². The fraction of sp³-hybridized carbons (Fsp3) is 0. The van der Waals surface area contributed by atoms with Crippen LogP contribution in [0.5, 0.6) is 0 Å². The monoisotopic (exact) mass is 257 g/mol. The number of nitro groups is 1. The number of aliphatic imine (C=N–C) groups is 1. The van der Waals surface area contributed by atoms with E-state index in [9.17, 15) is 10.1 Å². The van der Waals surface area contributed by atoms with E-state index in [4.69, 9.17) is 5.26 Å². The van der Waals surface area contributed by atoms with Crippen LogP contribution in [0.15, 0.2) is 40.7 Å². The second kappa shape index (κ2) is 5.21. The maximum absolute atomic E-state index is 10.8. The van der Waals surface area contributed by atoms with Gasteiger partial charge in [0.25, 0.3) is 5.69 Å². The van der Waals surface area contributed by atoms with E-state index < -0.39 is 4.92 Å². The lowest BCUT2D eigenvalue weighted by molar-refractivity contribution is -0.385. The first kappa shape index (κ1) is 12.0. The Morgan fingerprint density at radius 1 is 1.39 bits per heavy atom. The van der Waals surface area contributed by atoms with Gasteiger partial charge in [-0.15, -0.1) is 11.3 Å². The van der Waals surface area contributed by atoms with Gasteiger partial charge in [-0.2, -0.15) is 5.26 Å². The van der Waals surface area contributed by atoms with Crippen LogP contribution in [-0.2, 0) is 0 Å². The zero-order valence-electron chi connectivity index (χ0n) is 9.11. The molecule has 0 amide bonds. The number of thiophene rings is 1. The molecule has 5 nitrogen and oxygen atoms in total. The molecule has 0 spiro atoms. The van der Waals surface area contributed by atoms with Crippen molar-refractivity contribution in [3.8, 4) is 6.07 Å². The molecule has 0 saturated heterocycles. The van der Waals surface area contributed by atoms with E-state index in [0.717, 1.165) is 0 Å². The van der Waals surface area contributed by atoms with Crippen LogP contribution in [0.2, 0.25) is 0 Å². The third-order valence-electron chi connectivity index (χ3n) is 2.22. The van der Waals surface area contributed by atoms with Gasteiger partial charge in [-0.1, -0.05) is 12.1 Å². The van der Waals surface area contributed by atoms with Gasteiger partial charge in [0.1, 0.15) is 11.1 Å². The molecule has 0 unspecified atom stereocenters. The molecule has 1 aromatic heterocycles. The highest BCUT2D eigenvalue weighted by atomic mass is 32.1. The highest BCUT2D eigenvalue weighted by molar-refractivity contribution is 7.14. The summed E-state index contributed by atoms with van der Waals surface area (Å²) in [4.78, 5) is 14.5. The van der Waals surface area contributed by atoms with Crippen molar-refractivity contribution in [3.05, 3.63) is 57.0 Å². The Hall–Kier alpha value is -2.52. The van der Waals surface area contributed by atoms with Gasteiger partial charge < -0.3 is 0 Å². The van der Waals surface area contributed by atoms with E-state index in [1.807, 2.05) is 6.07 Å². The zero-order chi connectivity index (χ0) is 13.0. The lowest BCUT2D eigenvalue weighted by Gasteiger charge is -1.95. The fourth-order valence-corrected chi connectivity index (χ4v) is 2.06. The summed E-state index contributed by atoms with van der Waals surface area (Å²) in [6.45, 7) is 0. The molecule has 0 aliphatic heterocycles. The molecule has 0 aliphatic rings. The molecule has 88 valence electrons. The van der Waals surface area contributed by atoms with Crippen molar-refractivity contribution < 1.29 is 4.92 Å². The molecule has 0 saturated carbocycles. The van der Waals surface area contributed by atoms with E-state index >= 15 is 0 Å². The third kappa shape index (κ3) is 2.42. The van der Waals surface area contributed by atoms with E-state index in [-0.39, 0.29) is 5.69 Å². The molecule has 0 bridgehead atoms. The maximum atomic E-state index is 10.8. The number of nitriles is 1. The topological polar surface area (TPSA) is 79.3 Å². The number of nitrogens with zero attached hydrogens (tertiary/aromatic N) is 3. The average Bonchev–Trinajstić information content (AvgIpc) is 2.84. The van der Waals surface area contributed by atoms with E-state index in [1.54, 1.807) is 29.6 Å². The molecule has 1 aromatic carbocycles. The van der Waals surface area contributed by atoms with Crippen LogP contribution >= 0.6 is 11.3 Å². The Labute approximate surface area is 107 Å². The molecule has 0 aliphatic carbocycles. The lowest BCUT2D eigenvalue weighted by atomic mass is 10.2. The van der Waals surface area contributed by atoms with Gasteiger partial charge in [-0.05, 0) is 17.5 Å². The summed E-state index contributed by atoms with van der Waals surface area (Å²) in [5.41, 5.74) is 0.880. The number of hydrogen-bond donors (Lipinski definition) is 0. The molecular formula is C12H7N3O2S. The van der Waals surface area contributed by atoms with Crippen LogP contribution in [0.4, 0.5) is 10.7 Å². The van der Waals surface area contributed by atoms with E-state index in [2.05, 4.69) is 4.99 Å². The Balaban J connectivity index is 2.36. The SMILES string of the molecule is N#Cc1ccsc1/N=C/c1ccccc1[N+](=O)[O-]. The summed E-state index contributed by atoms with van der Waals surface area (Å²) in [7, 11) is 0. The molecule has 2 aromatic rings. The lowest BCUT2D eigenvalue weighted by Crippen LogP contribution is -1.93. The minimum atomic E-state index is -0.457. The van der Waals surface area contributed by atoms with Crippen molar-refractivity contribution in [2.75, 3.05) is 0 Å². The van der Waals surface area contributed by atoms with Gasteiger partial charge in [0.15, 0.2) is 0 Å². The van der Waals surface area contributed by atoms with E-state index in [0.29, 0.717) is 16.1 Å². The third-order valence-corrected chi connectivity index (χ3v) is 3.04. The minimum Gasteiger partial charge on any atom is -0.258 e. The molecule has 0 fully saturated rings. The normalized spacial score (nSPS) is 10.4. The maximum Gasteiger partial charge on any atom is 0.278 e. The number of para-hydroxylation sites is 1. The molecule has 0 N–H and O–H groups in total. The van der Waals surface area contributed by atoms with Crippen molar-refractivity contribution >= 4 is 28.2 Å². The first-order valence-corrected chi connectivity index (χ1v) is 5.85. The standard InChI is InChI=1S/C12H7N3O2S/c13-7-9-5-6-18-12(9)14-8-10-3-1-2-4-11(10)15(16)17/h1-6,8H/b14-8+. The zero-order valence-corrected chi connectivity index (χ0v) is 9.92. The van der Waals surface area contributed by atoms with Crippen molar-refractivity contribution in [3.63, 3.8) is 0 Å². The van der Waals surface area contributed by atoms with Gasteiger partial charge in [-0.3, -0.25) is 10.1 Å². The molecule has 18 heavy (non-hydrogen) atoms. The average molecular weight is 257 g/mol. The second-order valence-electron chi connectivity index (χ2n) is 3.33. The Morgan fingerprint density at radius 2 is 2.17 bits per heavy atom. The molecule has 0 radical (unpaired) electrons. The molecule has 1 heterocycles. The Morgan fingerprint density at radius 3 is 2.89 bits per heavy atom. The highest BCUT2D eigenvalue weighted by Gasteiger charge is 2.10. The second-order valence-corrected chi connectivity index (χ2v) is 4.22. The molecule has 2 rings (SSSR count). The summed E-state index contributed by atoms with van der Waals surface area (Å²) in [6, 6.07) is 10.0. The summed E-state index contributed by atoms with van der Waals surface area (Å²) in [6.07, 6.45) is 1.41. The molecular weight excluding hydrogens is 250 g/mol. The summed E-state index contributed by atoms with van der Waals surface area (Å²) in [5.74, 6) is 0. The van der Waals surface area contributed by atoms with Gasteiger partial charge in [-0.25, -0.2) is 4.99 Å². The van der Waals surface area contributed by atoms with Gasteiger partial charge >= 0.3 is 0 Å². The van der Waals surface area contributed by atoms with Crippen molar-refractivity contribution in [1.82, 2.24) is 0 Å². The van der Waals surface area contributed by atoms with Crippen molar-refractivity contribution in [2.45, 2.75) is 0 Å². The van der Waals surface area contributed by atoms with Gasteiger partial charge in [0.05, 0.1) is 16.1 Å². The number of rotatable bonds is 3. The minimum absolute atomic E-state index is 0.00341.